The van der Waals surface area contributed by atoms with Crippen LogP contribution in [0.25, 0.3) is 0 Å². The van der Waals surface area contributed by atoms with Crippen molar-refractivity contribution in [2.45, 2.75) is 38.8 Å². The van der Waals surface area contributed by atoms with Gasteiger partial charge in [-0.1, -0.05) is 42.8 Å². The topological polar surface area (TPSA) is 49.8 Å². The third-order valence-electron chi connectivity index (χ3n) is 5.87. The summed E-state index contributed by atoms with van der Waals surface area (Å²) >= 11 is 0. The minimum Gasteiger partial charge on any atom is -0.473 e. The zero-order valence-corrected chi connectivity index (χ0v) is 16.0. The number of nitrogens with one attached hydrogen (secondary N) is 1. The Balaban J connectivity index is 1.36. The van der Waals surface area contributed by atoms with Crippen molar-refractivity contribution in [1.82, 2.24) is 15.2 Å². The fourth-order valence-electron chi connectivity index (χ4n) is 4.12. The van der Waals surface area contributed by atoms with Crippen LogP contribution in [0.15, 0.2) is 53.7 Å². The molecule has 4 rings (SSSR count). The molecule has 1 spiro atoms. The maximum atomic E-state index is 5.97. The van der Waals surface area contributed by atoms with Gasteiger partial charge in [0, 0.05) is 38.4 Å². The van der Waals surface area contributed by atoms with E-state index in [0.717, 1.165) is 30.2 Å². The van der Waals surface area contributed by atoms with Crippen LogP contribution in [0.2, 0.25) is 0 Å². The highest BCUT2D eigenvalue weighted by Crippen LogP contribution is 2.47. The van der Waals surface area contributed by atoms with Crippen LogP contribution < -0.4 is 10.1 Å². The van der Waals surface area contributed by atoms with E-state index in [-0.39, 0.29) is 0 Å². The number of rotatable bonds is 5. The molecule has 2 aliphatic rings. The van der Waals surface area contributed by atoms with Crippen molar-refractivity contribution in [3.05, 3.63) is 59.8 Å². The molecule has 1 saturated heterocycles. The second-order valence-corrected chi connectivity index (χ2v) is 7.67. The van der Waals surface area contributed by atoms with Crippen LogP contribution in [-0.4, -0.2) is 36.0 Å². The Morgan fingerprint density at radius 2 is 2.04 bits per heavy atom. The number of benzene rings is 1. The first-order valence-corrected chi connectivity index (χ1v) is 9.84. The number of nitrogens with zero attached hydrogens (tertiary/aromatic N) is 3. The van der Waals surface area contributed by atoms with Crippen molar-refractivity contribution in [1.29, 1.82) is 0 Å². The van der Waals surface area contributed by atoms with Crippen LogP contribution >= 0.6 is 0 Å². The second kappa shape index (κ2) is 7.99. The predicted octanol–water partition coefficient (Wildman–Crippen LogP) is 3.61. The summed E-state index contributed by atoms with van der Waals surface area (Å²) < 4.78 is 5.97. The lowest BCUT2D eigenvalue weighted by Gasteiger charge is -2.38. The van der Waals surface area contributed by atoms with E-state index in [9.17, 15) is 0 Å². The van der Waals surface area contributed by atoms with Gasteiger partial charge in [0.25, 0.3) is 0 Å². The number of pyridine rings is 1. The highest BCUT2D eigenvalue weighted by molar-refractivity contribution is 5.80. The van der Waals surface area contributed by atoms with E-state index in [1.54, 1.807) is 6.20 Å². The van der Waals surface area contributed by atoms with E-state index in [2.05, 4.69) is 38.4 Å². The molecule has 2 fully saturated rings. The van der Waals surface area contributed by atoms with Crippen LogP contribution in [0.3, 0.4) is 0 Å². The number of ether oxygens (including phenoxy) is 1. The van der Waals surface area contributed by atoms with Gasteiger partial charge in [-0.25, -0.2) is 4.98 Å². The average Bonchev–Trinajstić information content (AvgIpc) is 3.15. The molecule has 0 atom stereocenters. The molecule has 1 aliphatic heterocycles. The zero-order valence-electron chi connectivity index (χ0n) is 16.0. The van der Waals surface area contributed by atoms with Gasteiger partial charge in [0.2, 0.25) is 5.88 Å². The Morgan fingerprint density at radius 3 is 2.74 bits per heavy atom. The van der Waals surface area contributed by atoms with Crippen LogP contribution in [0.1, 0.15) is 36.8 Å². The molecule has 1 aromatic carbocycles. The molecule has 2 heterocycles. The molecule has 1 aromatic heterocycles. The predicted molar refractivity (Wildman–Crippen MR) is 108 cm³/mol. The van der Waals surface area contributed by atoms with Gasteiger partial charge in [-0.2, -0.15) is 0 Å². The quantitative estimate of drug-likeness (QED) is 0.650. The Hall–Kier alpha value is -2.56. The van der Waals surface area contributed by atoms with Crippen LogP contribution in [0.5, 0.6) is 5.88 Å². The lowest BCUT2D eigenvalue weighted by Crippen LogP contribution is -2.42. The summed E-state index contributed by atoms with van der Waals surface area (Å²) in [5, 5.41) is 3.51. The standard InChI is InChI=1S/C22H28N4O/c1-23-21(26-14-12-22(17-26)10-6-11-22)25-15-19-9-5-13-24-20(19)27-16-18-7-3-2-4-8-18/h2-5,7-9,13H,6,10-12,14-17H2,1H3,(H,23,25). The van der Waals surface area contributed by atoms with Crippen molar-refractivity contribution in [2.75, 3.05) is 20.1 Å². The molecule has 142 valence electrons. The molecule has 1 N–H and O–H groups in total. The van der Waals surface area contributed by atoms with Crippen LogP contribution in [0.4, 0.5) is 0 Å². The molecule has 5 heteroatoms. The van der Waals surface area contributed by atoms with Crippen molar-refractivity contribution in [3.8, 4) is 5.88 Å². The number of aliphatic imine (C=N–C) groups is 1. The van der Waals surface area contributed by atoms with Gasteiger partial charge in [0.15, 0.2) is 5.96 Å². The second-order valence-electron chi connectivity index (χ2n) is 7.67. The largest absolute Gasteiger partial charge is 0.473 e. The molecule has 1 saturated carbocycles. The van der Waals surface area contributed by atoms with Gasteiger partial charge in [0.1, 0.15) is 6.61 Å². The molecule has 0 amide bonds. The Labute approximate surface area is 161 Å². The SMILES string of the molecule is CN=C(NCc1cccnc1OCc1ccccc1)N1CCC2(CCC2)C1. The van der Waals surface area contributed by atoms with E-state index < -0.39 is 0 Å². The highest BCUT2D eigenvalue weighted by atomic mass is 16.5. The molecule has 27 heavy (non-hydrogen) atoms. The van der Waals surface area contributed by atoms with Gasteiger partial charge < -0.3 is 15.0 Å². The zero-order chi connectivity index (χ0) is 18.5. The molecule has 2 aromatic rings. The summed E-state index contributed by atoms with van der Waals surface area (Å²) in [6.45, 7) is 3.42. The van der Waals surface area contributed by atoms with Crippen molar-refractivity contribution in [3.63, 3.8) is 0 Å². The minimum atomic E-state index is 0.522. The van der Waals surface area contributed by atoms with E-state index in [0.29, 0.717) is 24.4 Å². The summed E-state index contributed by atoms with van der Waals surface area (Å²) in [6, 6.07) is 14.2. The molecule has 0 radical (unpaired) electrons. The summed E-state index contributed by atoms with van der Waals surface area (Å²) in [4.78, 5) is 11.3. The van der Waals surface area contributed by atoms with Crippen molar-refractivity contribution < 1.29 is 4.74 Å². The first-order chi connectivity index (χ1) is 13.3. The smallest absolute Gasteiger partial charge is 0.218 e. The monoisotopic (exact) mass is 364 g/mol. The number of aromatic nitrogens is 1. The summed E-state index contributed by atoms with van der Waals surface area (Å²) in [7, 11) is 1.87. The maximum absolute atomic E-state index is 5.97. The van der Waals surface area contributed by atoms with Gasteiger partial charge in [0.05, 0.1) is 0 Å². The average molecular weight is 364 g/mol. The van der Waals surface area contributed by atoms with Gasteiger partial charge in [-0.15, -0.1) is 0 Å². The molecular formula is C22H28N4O. The molecular weight excluding hydrogens is 336 g/mol. The van der Waals surface area contributed by atoms with E-state index in [4.69, 9.17) is 4.74 Å². The summed E-state index contributed by atoms with van der Waals surface area (Å²) in [5.41, 5.74) is 2.75. The summed E-state index contributed by atoms with van der Waals surface area (Å²) in [6.07, 6.45) is 7.21. The fourth-order valence-corrected chi connectivity index (χ4v) is 4.12. The van der Waals surface area contributed by atoms with Gasteiger partial charge >= 0.3 is 0 Å². The van der Waals surface area contributed by atoms with E-state index in [1.165, 1.54) is 25.7 Å². The number of guanidine groups is 1. The lowest BCUT2D eigenvalue weighted by atomic mass is 9.68. The van der Waals surface area contributed by atoms with E-state index >= 15 is 0 Å². The van der Waals surface area contributed by atoms with Gasteiger partial charge in [-0.05, 0) is 36.3 Å². The molecule has 5 nitrogen and oxygen atoms in total. The van der Waals surface area contributed by atoms with E-state index in [1.807, 2.05) is 31.3 Å². The molecule has 1 aliphatic carbocycles. The number of hydrogen-bond acceptors (Lipinski definition) is 3. The minimum absolute atomic E-state index is 0.522. The van der Waals surface area contributed by atoms with Crippen molar-refractivity contribution in [2.24, 2.45) is 10.4 Å². The third-order valence-corrected chi connectivity index (χ3v) is 5.87. The fraction of sp³-hybridized carbons (Fsp3) is 0.455. The lowest BCUT2D eigenvalue weighted by molar-refractivity contribution is 0.151. The van der Waals surface area contributed by atoms with Crippen LogP contribution in [-0.2, 0) is 13.2 Å². The number of hydrogen-bond donors (Lipinski definition) is 1. The maximum Gasteiger partial charge on any atom is 0.218 e. The number of likely N-dealkylation sites (tertiary alicyclic amines) is 1. The Morgan fingerprint density at radius 1 is 1.19 bits per heavy atom. The summed E-state index contributed by atoms with van der Waals surface area (Å²) in [5.74, 6) is 1.66. The third kappa shape index (κ3) is 4.07. The molecule has 0 bridgehead atoms. The van der Waals surface area contributed by atoms with Gasteiger partial charge in [-0.3, -0.25) is 4.99 Å². The highest BCUT2D eigenvalue weighted by Gasteiger charge is 2.43. The van der Waals surface area contributed by atoms with Crippen molar-refractivity contribution >= 4 is 5.96 Å². The first-order valence-electron chi connectivity index (χ1n) is 9.84. The van der Waals surface area contributed by atoms with Crippen LogP contribution in [0, 0.1) is 5.41 Å². The normalized spacial score (nSPS) is 18.4. The Bertz CT molecular complexity index is 786. The molecule has 0 unspecified atom stereocenters. The Kier molecular flexibility index (Phi) is 5.28. The first kappa shape index (κ1) is 17.8.